The summed E-state index contributed by atoms with van der Waals surface area (Å²) in [6.45, 7) is 8.07. The number of guanidine groups is 1. The third kappa shape index (κ3) is 3.55. The van der Waals surface area contributed by atoms with E-state index in [0.717, 1.165) is 13.1 Å². The van der Waals surface area contributed by atoms with Crippen LogP contribution in [0.3, 0.4) is 0 Å². The predicted molar refractivity (Wildman–Crippen MR) is 68.2 cm³/mol. The fourth-order valence-electron chi connectivity index (χ4n) is 2.44. The lowest BCUT2D eigenvalue weighted by Gasteiger charge is -2.47. The van der Waals surface area contributed by atoms with Crippen molar-refractivity contribution in [2.24, 2.45) is 10.7 Å². The highest BCUT2D eigenvalue weighted by molar-refractivity contribution is 5.77. The summed E-state index contributed by atoms with van der Waals surface area (Å²) in [7, 11) is 1.68. The van der Waals surface area contributed by atoms with E-state index in [0.29, 0.717) is 25.2 Å². The Morgan fingerprint density at radius 2 is 2.18 bits per heavy atom. The number of nitrogens with two attached hydrogens (primary N) is 1. The van der Waals surface area contributed by atoms with E-state index in [1.54, 1.807) is 7.11 Å². The molecule has 1 unspecified atom stereocenters. The average Bonchev–Trinajstić information content (AvgIpc) is 2.38. The monoisotopic (exact) mass is 241 g/mol. The summed E-state index contributed by atoms with van der Waals surface area (Å²) in [5, 5.41) is 3.04. The number of fused-ring (bicyclic) bond motifs is 3. The Hall–Kier alpha value is -0.850. The summed E-state index contributed by atoms with van der Waals surface area (Å²) in [6.07, 6.45) is 0. The van der Waals surface area contributed by atoms with Crippen molar-refractivity contribution in [3.05, 3.63) is 0 Å². The van der Waals surface area contributed by atoms with Crippen LogP contribution in [0.4, 0.5) is 0 Å². The van der Waals surface area contributed by atoms with Gasteiger partial charge in [0.15, 0.2) is 5.96 Å². The van der Waals surface area contributed by atoms with Gasteiger partial charge in [-0.3, -0.25) is 14.8 Å². The number of aliphatic imine (C=N–C) groups is 1. The van der Waals surface area contributed by atoms with Crippen molar-refractivity contribution in [1.29, 1.82) is 0 Å². The van der Waals surface area contributed by atoms with Gasteiger partial charge in [-0.2, -0.15) is 0 Å². The summed E-state index contributed by atoms with van der Waals surface area (Å²) in [5.41, 5.74) is 5.78. The molecule has 0 spiro atoms. The Balaban J connectivity index is 1.71. The van der Waals surface area contributed by atoms with Gasteiger partial charge in [-0.1, -0.05) is 0 Å². The van der Waals surface area contributed by atoms with Crippen LogP contribution in [0.5, 0.6) is 0 Å². The molecule has 6 nitrogen and oxygen atoms in total. The summed E-state index contributed by atoms with van der Waals surface area (Å²) in [5.74, 6) is 0.527. The normalized spacial score (nSPS) is 32.8. The van der Waals surface area contributed by atoms with Crippen LogP contribution >= 0.6 is 0 Å². The smallest absolute Gasteiger partial charge is 0.188 e. The third-order valence-corrected chi connectivity index (χ3v) is 3.48. The standard InChI is InChI=1S/C11H23N5O/c1-17-7-2-13-11(12)14-8-10-9-15-3-5-16(10)6-4-15/h10H,2-9H2,1H3,(H3,12,13,14). The van der Waals surface area contributed by atoms with E-state index in [1.807, 2.05) is 0 Å². The maximum Gasteiger partial charge on any atom is 0.188 e. The molecule has 0 aromatic rings. The fourth-order valence-corrected chi connectivity index (χ4v) is 2.44. The lowest BCUT2D eigenvalue weighted by atomic mass is 10.1. The van der Waals surface area contributed by atoms with Crippen LogP contribution in [-0.4, -0.2) is 81.3 Å². The van der Waals surface area contributed by atoms with Gasteiger partial charge in [0.25, 0.3) is 0 Å². The fraction of sp³-hybridized carbons (Fsp3) is 0.909. The molecule has 0 aliphatic carbocycles. The molecule has 2 bridgehead atoms. The molecule has 0 aromatic heterocycles. The van der Waals surface area contributed by atoms with E-state index in [2.05, 4.69) is 20.1 Å². The molecule has 0 aromatic carbocycles. The van der Waals surface area contributed by atoms with E-state index in [9.17, 15) is 0 Å². The molecule has 0 amide bonds. The molecule has 3 rings (SSSR count). The van der Waals surface area contributed by atoms with Crippen molar-refractivity contribution in [2.45, 2.75) is 6.04 Å². The summed E-state index contributed by atoms with van der Waals surface area (Å²) >= 11 is 0. The molecule has 3 N–H and O–H groups in total. The molecule has 3 saturated heterocycles. The first-order valence-corrected chi connectivity index (χ1v) is 6.28. The minimum Gasteiger partial charge on any atom is -0.383 e. The Kier molecular flexibility index (Phi) is 4.58. The summed E-state index contributed by atoms with van der Waals surface area (Å²) in [6, 6.07) is 0.542. The van der Waals surface area contributed by atoms with Crippen molar-refractivity contribution in [1.82, 2.24) is 15.1 Å². The van der Waals surface area contributed by atoms with Crippen molar-refractivity contribution < 1.29 is 4.74 Å². The van der Waals surface area contributed by atoms with Crippen molar-refractivity contribution in [2.75, 3.05) is 59.5 Å². The van der Waals surface area contributed by atoms with Crippen LogP contribution in [0.2, 0.25) is 0 Å². The number of piperazine rings is 3. The molecular formula is C11H23N5O. The highest BCUT2D eigenvalue weighted by Crippen LogP contribution is 2.15. The highest BCUT2D eigenvalue weighted by Gasteiger charge is 2.31. The Morgan fingerprint density at radius 1 is 1.41 bits per heavy atom. The van der Waals surface area contributed by atoms with Crippen LogP contribution in [-0.2, 0) is 4.74 Å². The first-order chi connectivity index (χ1) is 8.29. The van der Waals surface area contributed by atoms with Gasteiger partial charge in [0.1, 0.15) is 0 Å². The van der Waals surface area contributed by atoms with Gasteiger partial charge in [-0.25, -0.2) is 0 Å². The zero-order chi connectivity index (χ0) is 12.1. The first kappa shape index (κ1) is 12.6. The lowest BCUT2D eigenvalue weighted by molar-refractivity contribution is 0.0174. The van der Waals surface area contributed by atoms with E-state index >= 15 is 0 Å². The molecule has 17 heavy (non-hydrogen) atoms. The van der Waals surface area contributed by atoms with Crippen molar-refractivity contribution in [3.8, 4) is 0 Å². The maximum atomic E-state index is 5.78. The molecule has 6 heteroatoms. The highest BCUT2D eigenvalue weighted by atomic mass is 16.5. The van der Waals surface area contributed by atoms with Crippen LogP contribution in [0.25, 0.3) is 0 Å². The number of methoxy groups -OCH3 is 1. The maximum absolute atomic E-state index is 5.78. The molecule has 0 radical (unpaired) electrons. The van der Waals surface area contributed by atoms with Crippen molar-refractivity contribution >= 4 is 5.96 Å². The zero-order valence-electron chi connectivity index (χ0n) is 10.6. The molecule has 3 aliphatic rings. The van der Waals surface area contributed by atoms with Gasteiger partial charge < -0.3 is 15.8 Å². The van der Waals surface area contributed by atoms with E-state index in [4.69, 9.17) is 10.5 Å². The molecule has 3 aliphatic heterocycles. The molecular weight excluding hydrogens is 218 g/mol. The predicted octanol–water partition coefficient (Wildman–Crippen LogP) is -1.46. The van der Waals surface area contributed by atoms with Crippen LogP contribution < -0.4 is 11.1 Å². The average molecular weight is 241 g/mol. The largest absolute Gasteiger partial charge is 0.383 e. The third-order valence-electron chi connectivity index (χ3n) is 3.48. The second kappa shape index (κ2) is 6.18. The van der Waals surface area contributed by atoms with Gasteiger partial charge in [-0.05, 0) is 0 Å². The van der Waals surface area contributed by atoms with Gasteiger partial charge in [0, 0.05) is 52.4 Å². The molecule has 3 heterocycles. The van der Waals surface area contributed by atoms with Crippen LogP contribution in [0.15, 0.2) is 4.99 Å². The molecule has 98 valence electrons. The topological polar surface area (TPSA) is 66.1 Å². The number of ether oxygens (including phenoxy) is 1. The summed E-state index contributed by atoms with van der Waals surface area (Å²) in [4.78, 5) is 9.43. The summed E-state index contributed by atoms with van der Waals surface area (Å²) < 4.78 is 4.94. The van der Waals surface area contributed by atoms with Gasteiger partial charge in [0.2, 0.25) is 0 Å². The number of nitrogens with one attached hydrogen (secondary N) is 1. The van der Waals surface area contributed by atoms with E-state index < -0.39 is 0 Å². The first-order valence-electron chi connectivity index (χ1n) is 6.28. The van der Waals surface area contributed by atoms with Gasteiger partial charge in [-0.15, -0.1) is 0 Å². The quantitative estimate of drug-likeness (QED) is 0.350. The Morgan fingerprint density at radius 3 is 2.76 bits per heavy atom. The lowest BCUT2D eigenvalue weighted by Crippen LogP contribution is -2.61. The second-order valence-corrected chi connectivity index (χ2v) is 4.64. The zero-order valence-corrected chi connectivity index (χ0v) is 10.6. The van der Waals surface area contributed by atoms with Gasteiger partial charge in [0.05, 0.1) is 13.2 Å². The van der Waals surface area contributed by atoms with Crippen LogP contribution in [0, 0.1) is 0 Å². The number of nitrogens with zero attached hydrogens (tertiary/aromatic N) is 3. The van der Waals surface area contributed by atoms with Gasteiger partial charge >= 0.3 is 0 Å². The minimum atomic E-state index is 0.527. The van der Waals surface area contributed by atoms with E-state index in [1.165, 1.54) is 26.2 Å². The molecule has 3 fully saturated rings. The number of hydrogen-bond donors (Lipinski definition) is 2. The number of hydrogen-bond acceptors (Lipinski definition) is 4. The van der Waals surface area contributed by atoms with E-state index in [-0.39, 0.29) is 0 Å². The second-order valence-electron chi connectivity index (χ2n) is 4.64. The minimum absolute atomic E-state index is 0.527. The SMILES string of the molecule is COCCNC(N)=NCC1CN2CCN1CC2. The Labute approximate surface area is 103 Å². The number of rotatable bonds is 5. The molecule has 1 atom stereocenters. The molecule has 0 saturated carbocycles. The van der Waals surface area contributed by atoms with Crippen molar-refractivity contribution in [3.63, 3.8) is 0 Å². The van der Waals surface area contributed by atoms with Crippen LogP contribution in [0.1, 0.15) is 0 Å². The Bertz CT molecular complexity index is 263.